The van der Waals surface area contributed by atoms with E-state index in [9.17, 15) is 25.0 Å². The van der Waals surface area contributed by atoms with E-state index in [0.29, 0.717) is 17.1 Å². The summed E-state index contributed by atoms with van der Waals surface area (Å²) in [7, 11) is 1.51. The number of hydrogen-bond acceptors (Lipinski definition) is 6. The molecule has 0 heterocycles. The van der Waals surface area contributed by atoms with E-state index in [2.05, 4.69) is 0 Å². The van der Waals surface area contributed by atoms with Crippen molar-refractivity contribution in [2.45, 2.75) is 0 Å². The molecule has 0 saturated carbocycles. The van der Waals surface area contributed by atoms with Crippen LogP contribution in [-0.4, -0.2) is 22.9 Å². The van der Waals surface area contributed by atoms with E-state index in [1.807, 2.05) is 0 Å². The van der Waals surface area contributed by atoms with Gasteiger partial charge in [-0.05, 0) is 42.5 Å². The predicted octanol–water partition coefficient (Wildman–Crippen LogP) is 4.49. The molecule has 0 aromatic heterocycles. The highest BCUT2D eigenvalue weighted by molar-refractivity contribution is 6.13. The lowest BCUT2D eigenvalue weighted by molar-refractivity contribution is -0.394. The number of ether oxygens (including phenoxy) is 1. The van der Waals surface area contributed by atoms with Crippen LogP contribution in [0.4, 0.5) is 22.7 Å². The zero-order valence-corrected chi connectivity index (χ0v) is 15.2. The van der Waals surface area contributed by atoms with Crippen LogP contribution < -0.4 is 9.64 Å². The van der Waals surface area contributed by atoms with Gasteiger partial charge < -0.3 is 4.74 Å². The lowest BCUT2D eigenvalue weighted by Crippen LogP contribution is -2.26. The minimum atomic E-state index is -0.808. The maximum atomic E-state index is 13.3. The number of methoxy groups -OCH3 is 1. The van der Waals surface area contributed by atoms with E-state index in [1.54, 1.807) is 54.6 Å². The molecule has 3 aromatic rings. The third kappa shape index (κ3) is 4.03. The lowest BCUT2D eigenvalue weighted by Gasteiger charge is -2.23. The fraction of sp³-hybridized carbons (Fsp3) is 0.0500. The average Bonchev–Trinajstić information content (AvgIpc) is 2.74. The average molecular weight is 393 g/mol. The fourth-order valence-corrected chi connectivity index (χ4v) is 2.78. The Balaban J connectivity index is 2.14. The second-order valence-corrected chi connectivity index (χ2v) is 5.89. The molecule has 0 spiro atoms. The van der Waals surface area contributed by atoms with Gasteiger partial charge in [-0.1, -0.05) is 18.2 Å². The van der Waals surface area contributed by atoms with Crippen LogP contribution in [0.5, 0.6) is 5.75 Å². The topological polar surface area (TPSA) is 116 Å². The minimum absolute atomic E-state index is 0.264. The summed E-state index contributed by atoms with van der Waals surface area (Å²) in [5.41, 5.74) is -0.437. The van der Waals surface area contributed by atoms with E-state index in [0.717, 1.165) is 18.2 Å². The Morgan fingerprint density at radius 1 is 0.862 bits per heavy atom. The summed E-state index contributed by atoms with van der Waals surface area (Å²) in [6, 6.07) is 18.1. The first-order chi connectivity index (χ1) is 13.9. The number of hydrogen-bond donors (Lipinski definition) is 0. The van der Waals surface area contributed by atoms with Crippen molar-refractivity contribution in [1.82, 2.24) is 0 Å². The number of benzene rings is 3. The quantitative estimate of drug-likeness (QED) is 0.450. The second-order valence-electron chi connectivity index (χ2n) is 5.89. The van der Waals surface area contributed by atoms with Gasteiger partial charge in [0.05, 0.1) is 23.0 Å². The van der Waals surface area contributed by atoms with Crippen LogP contribution in [0, 0.1) is 20.2 Å². The van der Waals surface area contributed by atoms with Crippen molar-refractivity contribution in [1.29, 1.82) is 0 Å². The number of anilines is 2. The second kappa shape index (κ2) is 8.17. The highest BCUT2D eigenvalue weighted by Gasteiger charge is 2.29. The molecule has 1 amide bonds. The van der Waals surface area contributed by atoms with Gasteiger partial charge in [0.1, 0.15) is 11.3 Å². The number of para-hydroxylation sites is 1. The van der Waals surface area contributed by atoms with Crippen LogP contribution in [0.1, 0.15) is 10.4 Å². The molecule has 9 nitrogen and oxygen atoms in total. The zero-order chi connectivity index (χ0) is 21.0. The molecule has 0 unspecified atom stereocenters. The smallest absolute Gasteiger partial charge is 0.289 e. The Hall–Kier alpha value is -4.27. The lowest BCUT2D eigenvalue weighted by atomic mass is 10.1. The molecule has 0 aliphatic heterocycles. The molecule has 146 valence electrons. The molecule has 0 aliphatic carbocycles. The Morgan fingerprint density at radius 2 is 1.48 bits per heavy atom. The Morgan fingerprint density at radius 3 is 2.03 bits per heavy atom. The normalized spacial score (nSPS) is 10.2. The first-order valence-corrected chi connectivity index (χ1v) is 8.38. The summed E-state index contributed by atoms with van der Waals surface area (Å²) < 4.78 is 5.13. The van der Waals surface area contributed by atoms with Gasteiger partial charge in [0, 0.05) is 17.4 Å². The van der Waals surface area contributed by atoms with Crippen LogP contribution in [0.3, 0.4) is 0 Å². The summed E-state index contributed by atoms with van der Waals surface area (Å²) in [5.74, 6) is -0.113. The van der Waals surface area contributed by atoms with E-state index in [-0.39, 0.29) is 5.56 Å². The van der Waals surface area contributed by atoms with E-state index in [4.69, 9.17) is 4.74 Å². The van der Waals surface area contributed by atoms with Gasteiger partial charge in [0.25, 0.3) is 17.3 Å². The third-order valence-corrected chi connectivity index (χ3v) is 4.17. The monoisotopic (exact) mass is 393 g/mol. The Labute approximate surface area is 165 Å². The van der Waals surface area contributed by atoms with Crippen molar-refractivity contribution in [3.05, 3.63) is 98.6 Å². The maximum absolute atomic E-state index is 13.3. The number of nitro groups is 2. The molecule has 0 saturated heterocycles. The molecule has 0 atom stereocenters. The summed E-state index contributed by atoms with van der Waals surface area (Å²) in [6.45, 7) is 0. The van der Waals surface area contributed by atoms with Crippen LogP contribution in [0.25, 0.3) is 0 Å². The molecular formula is C20H15N3O6. The highest BCUT2D eigenvalue weighted by Crippen LogP contribution is 2.32. The number of carbonyl (C=O) groups is 1. The Bertz CT molecular complexity index is 1070. The Kier molecular flexibility index (Phi) is 5.49. The van der Waals surface area contributed by atoms with Crippen LogP contribution in [0.2, 0.25) is 0 Å². The van der Waals surface area contributed by atoms with Gasteiger partial charge in [-0.25, -0.2) is 0 Å². The molecule has 3 aromatic carbocycles. The standard InChI is InChI=1S/C20H15N3O6/c1-29-17-10-7-15(8-11-17)21(14-5-3-2-4-6-14)20(24)18-12-9-16(22(25)26)13-19(18)23(27)28/h2-13H,1H3. The molecule has 3 rings (SSSR count). The molecule has 0 N–H and O–H groups in total. The van der Waals surface area contributed by atoms with Crippen molar-refractivity contribution in [3.63, 3.8) is 0 Å². The highest BCUT2D eigenvalue weighted by atomic mass is 16.6. The van der Waals surface area contributed by atoms with E-state index < -0.39 is 27.1 Å². The summed E-state index contributed by atoms with van der Waals surface area (Å²) in [4.78, 5) is 35.5. The van der Waals surface area contributed by atoms with Crippen molar-refractivity contribution in [3.8, 4) is 5.75 Å². The van der Waals surface area contributed by atoms with E-state index in [1.165, 1.54) is 12.0 Å². The molecule has 0 fully saturated rings. The van der Waals surface area contributed by atoms with Crippen LogP contribution in [-0.2, 0) is 0 Å². The van der Waals surface area contributed by atoms with Crippen molar-refractivity contribution >= 4 is 28.7 Å². The molecule has 0 bridgehead atoms. The number of nitrogens with zero attached hydrogens (tertiary/aromatic N) is 3. The zero-order valence-electron chi connectivity index (χ0n) is 15.2. The molecule has 9 heteroatoms. The predicted molar refractivity (Wildman–Crippen MR) is 106 cm³/mol. The molecule has 29 heavy (non-hydrogen) atoms. The summed E-state index contributed by atoms with van der Waals surface area (Å²) in [6.07, 6.45) is 0. The number of carbonyl (C=O) groups excluding carboxylic acids is 1. The molecule has 0 aliphatic rings. The first kappa shape index (κ1) is 19.5. The molecular weight excluding hydrogens is 378 g/mol. The number of amides is 1. The fourth-order valence-electron chi connectivity index (χ4n) is 2.78. The van der Waals surface area contributed by atoms with E-state index >= 15 is 0 Å². The first-order valence-electron chi connectivity index (χ1n) is 8.38. The van der Waals surface area contributed by atoms with Crippen LogP contribution >= 0.6 is 0 Å². The third-order valence-electron chi connectivity index (χ3n) is 4.17. The van der Waals surface area contributed by atoms with Crippen molar-refractivity contribution in [2.24, 2.45) is 0 Å². The largest absolute Gasteiger partial charge is 0.497 e. The van der Waals surface area contributed by atoms with Gasteiger partial charge in [-0.2, -0.15) is 0 Å². The van der Waals surface area contributed by atoms with Gasteiger partial charge in [0.15, 0.2) is 0 Å². The van der Waals surface area contributed by atoms with Crippen LogP contribution in [0.15, 0.2) is 72.8 Å². The summed E-state index contributed by atoms with van der Waals surface area (Å²) >= 11 is 0. The van der Waals surface area contributed by atoms with Gasteiger partial charge in [-0.15, -0.1) is 0 Å². The molecule has 0 radical (unpaired) electrons. The van der Waals surface area contributed by atoms with Gasteiger partial charge >= 0.3 is 0 Å². The van der Waals surface area contributed by atoms with Gasteiger partial charge in [-0.3, -0.25) is 29.9 Å². The number of nitro benzene ring substituents is 2. The van der Waals surface area contributed by atoms with Gasteiger partial charge in [0.2, 0.25) is 0 Å². The number of rotatable bonds is 6. The SMILES string of the molecule is COc1ccc(N(C(=O)c2ccc([N+](=O)[O-])cc2[N+](=O)[O-])c2ccccc2)cc1. The number of non-ortho nitro benzene ring substituents is 1. The minimum Gasteiger partial charge on any atom is -0.497 e. The van der Waals surface area contributed by atoms with Crippen molar-refractivity contribution in [2.75, 3.05) is 12.0 Å². The maximum Gasteiger partial charge on any atom is 0.289 e. The van der Waals surface area contributed by atoms with Crippen molar-refractivity contribution < 1.29 is 19.4 Å². The summed E-state index contributed by atoms with van der Waals surface area (Å²) in [5, 5.41) is 22.4.